The van der Waals surface area contributed by atoms with Crippen molar-refractivity contribution in [3.63, 3.8) is 0 Å². The highest BCUT2D eigenvalue weighted by molar-refractivity contribution is 7.16. The number of nitrogens with zero attached hydrogens (tertiary/aromatic N) is 1. The summed E-state index contributed by atoms with van der Waals surface area (Å²) in [6, 6.07) is 8.03. The number of hydrogen-bond acceptors (Lipinski definition) is 5. The Kier molecular flexibility index (Phi) is 5.70. The second kappa shape index (κ2) is 7.54. The Morgan fingerprint density at radius 1 is 1.43 bits per heavy atom. The van der Waals surface area contributed by atoms with E-state index in [4.69, 9.17) is 16.3 Å². The van der Waals surface area contributed by atoms with Crippen LogP contribution < -0.4 is 5.32 Å². The third-order valence-corrected chi connectivity index (χ3v) is 4.71. The largest absolute Gasteiger partial charge is 0.374 e. The lowest BCUT2D eigenvalue weighted by Gasteiger charge is -2.15. The molecule has 0 radical (unpaired) electrons. The molecule has 0 spiro atoms. The van der Waals surface area contributed by atoms with Crippen LogP contribution in [0.3, 0.4) is 0 Å². The number of hydrogen-bond donors (Lipinski definition) is 1. The van der Waals surface area contributed by atoms with Crippen molar-refractivity contribution in [1.82, 2.24) is 5.32 Å². The molecule has 2 rings (SSSR count). The number of amides is 1. The van der Waals surface area contributed by atoms with Crippen molar-refractivity contribution < 1.29 is 14.5 Å². The molecule has 0 bridgehead atoms. The van der Waals surface area contributed by atoms with Crippen LogP contribution in [0.25, 0.3) is 0 Å². The summed E-state index contributed by atoms with van der Waals surface area (Å²) in [4.78, 5) is 23.6. The zero-order valence-electron chi connectivity index (χ0n) is 12.5. The lowest BCUT2D eigenvalue weighted by atomic mass is 10.1. The molecule has 0 aliphatic heterocycles. The number of thiophene rings is 1. The van der Waals surface area contributed by atoms with Crippen LogP contribution in [0, 0.1) is 17.0 Å². The highest BCUT2D eigenvalue weighted by atomic mass is 35.5. The van der Waals surface area contributed by atoms with E-state index in [1.807, 2.05) is 6.07 Å². The van der Waals surface area contributed by atoms with Gasteiger partial charge in [0.05, 0.1) is 9.26 Å². The van der Waals surface area contributed by atoms with Gasteiger partial charge in [0.1, 0.15) is 6.10 Å². The van der Waals surface area contributed by atoms with E-state index in [-0.39, 0.29) is 29.8 Å². The average molecular weight is 355 g/mol. The van der Waals surface area contributed by atoms with Gasteiger partial charge in [-0.3, -0.25) is 14.9 Å². The van der Waals surface area contributed by atoms with E-state index in [2.05, 4.69) is 5.32 Å². The van der Waals surface area contributed by atoms with E-state index < -0.39 is 4.92 Å². The van der Waals surface area contributed by atoms with Crippen LogP contribution in [0.15, 0.2) is 30.3 Å². The Balaban J connectivity index is 2.10. The third kappa shape index (κ3) is 4.07. The second-order valence-electron chi connectivity index (χ2n) is 4.78. The first-order chi connectivity index (χ1) is 10.9. The van der Waals surface area contributed by atoms with E-state index in [9.17, 15) is 14.9 Å². The summed E-state index contributed by atoms with van der Waals surface area (Å²) in [5.41, 5.74) is 0.535. The van der Waals surface area contributed by atoms with E-state index in [0.29, 0.717) is 9.90 Å². The molecule has 1 heterocycles. The maximum Gasteiger partial charge on any atom is 0.273 e. The molecule has 1 N–H and O–H groups in total. The molecule has 1 aromatic heterocycles. The number of carbonyl (C=O) groups excluding carboxylic acids is 1. The van der Waals surface area contributed by atoms with Gasteiger partial charge in [-0.25, -0.2) is 0 Å². The summed E-state index contributed by atoms with van der Waals surface area (Å²) < 4.78 is 6.00. The first-order valence-electron chi connectivity index (χ1n) is 6.74. The van der Waals surface area contributed by atoms with Crippen molar-refractivity contribution in [2.45, 2.75) is 13.0 Å². The molecule has 122 valence electrons. The number of nitro groups is 1. The normalized spacial score (nSPS) is 12.0. The standard InChI is InChI=1S/C15H15ClN2O4S/c1-9-10(4-3-5-11(9)18(20)21)15(19)17-8-12(22-2)13-6-7-14(16)23-13/h3-7,12H,8H2,1-2H3,(H,17,19). The Labute approximate surface area is 142 Å². The van der Waals surface area contributed by atoms with Gasteiger partial charge in [-0.1, -0.05) is 17.7 Å². The van der Waals surface area contributed by atoms with E-state index >= 15 is 0 Å². The first-order valence-corrected chi connectivity index (χ1v) is 7.93. The minimum Gasteiger partial charge on any atom is -0.374 e. The Hall–Kier alpha value is -1.96. The summed E-state index contributed by atoms with van der Waals surface area (Å²) in [6.07, 6.45) is -0.324. The Bertz CT molecular complexity index is 732. The van der Waals surface area contributed by atoms with E-state index in [0.717, 1.165) is 4.88 Å². The molecule has 0 saturated heterocycles. The van der Waals surface area contributed by atoms with Crippen molar-refractivity contribution in [2.24, 2.45) is 0 Å². The molecule has 0 aliphatic carbocycles. The number of nitro benzene ring substituents is 1. The van der Waals surface area contributed by atoms with Gasteiger partial charge in [0.15, 0.2) is 0 Å². The van der Waals surface area contributed by atoms with Crippen molar-refractivity contribution in [1.29, 1.82) is 0 Å². The average Bonchev–Trinajstić information content (AvgIpc) is 2.94. The molecule has 1 aromatic carbocycles. The van der Waals surface area contributed by atoms with Gasteiger partial charge >= 0.3 is 0 Å². The second-order valence-corrected chi connectivity index (χ2v) is 6.53. The van der Waals surface area contributed by atoms with Crippen molar-refractivity contribution in [3.8, 4) is 0 Å². The van der Waals surface area contributed by atoms with Crippen LogP contribution in [-0.4, -0.2) is 24.5 Å². The quantitative estimate of drug-likeness (QED) is 0.633. The molecule has 1 amide bonds. The monoisotopic (exact) mass is 354 g/mol. The van der Waals surface area contributed by atoms with Crippen LogP contribution in [0.4, 0.5) is 5.69 Å². The smallest absolute Gasteiger partial charge is 0.273 e. The molecule has 0 saturated carbocycles. The van der Waals surface area contributed by atoms with Gasteiger partial charge in [0, 0.05) is 35.7 Å². The maximum atomic E-state index is 12.3. The molecule has 6 nitrogen and oxygen atoms in total. The van der Waals surface area contributed by atoms with Crippen LogP contribution in [0.2, 0.25) is 4.34 Å². The van der Waals surface area contributed by atoms with Crippen LogP contribution in [0.1, 0.15) is 26.9 Å². The first kappa shape index (κ1) is 17.4. The van der Waals surface area contributed by atoms with Gasteiger partial charge in [-0.15, -0.1) is 11.3 Å². The maximum absolute atomic E-state index is 12.3. The van der Waals surface area contributed by atoms with Gasteiger partial charge in [0.2, 0.25) is 0 Å². The fourth-order valence-corrected chi connectivity index (χ4v) is 3.29. The number of halogens is 1. The van der Waals surface area contributed by atoms with Crippen molar-refractivity contribution in [2.75, 3.05) is 13.7 Å². The molecular weight excluding hydrogens is 340 g/mol. The van der Waals surface area contributed by atoms with Gasteiger partial charge in [0.25, 0.3) is 11.6 Å². The summed E-state index contributed by atoms with van der Waals surface area (Å²) in [6.45, 7) is 1.80. The minimum atomic E-state index is -0.502. The van der Waals surface area contributed by atoms with Crippen LogP contribution in [-0.2, 0) is 4.74 Å². The zero-order valence-corrected chi connectivity index (χ0v) is 14.1. The minimum absolute atomic E-state index is 0.0778. The molecular formula is C15H15ClN2O4S. The number of benzene rings is 1. The van der Waals surface area contributed by atoms with Crippen molar-refractivity contribution >= 4 is 34.5 Å². The molecule has 0 aliphatic rings. The Morgan fingerprint density at radius 2 is 2.17 bits per heavy atom. The SMILES string of the molecule is COC(CNC(=O)c1cccc([N+](=O)[O-])c1C)c1ccc(Cl)s1. The number of nitrogens with one attached hydrogen (secondary N) is 1. The summed E-state index contributed by atoms with van der Waals surface area (Å²) in [5.74, 6) is -0.379. The van der Waals surface area contributed by atoms with Gasteiger partial charge in [-0.2, -0.15) is 0 Å². The molecule has 1 unspecified atom stereocenters. The van der Waals surface area contributed by atoms with Gasteiger partial charge < -0.3 is 10.1 Å². The predicted molar refractivity (Wildman–Crippen MR) is 89.2 cm³/mol. The fourth-order valence-electron chi connectivity index (χ4n) is 2.15. The van der Waals surface area contributed by atoms with Crippen LogP contribution >= 0.6 is 22.9 Å². The molecule has 1 atom stereocenters. The van der Waals surface area contributed by atoms with E-state index in [1.54, 1.807) is 26.2 Å². The highest BCUT2D eigenvalue weighted by Gasteiger charge is 2.19. The number of methoxy groups -OCH3 is 1. The van der Waals surface area contributed by atoms with Crippen molar-refractivity contribution in [3.05, 3.63) is 60.8 Å². The summed E-state index contributed by atoms with van der Waals surface area (Å²) >= 11 is 7.28. The number of ether oxygens (including phenoxy) is 1. The molecule has 8 heteroatoms. The van der Waals surface area contributed by atoms with E-state index in [1.165, 1.54) is 23.5 Å². The fraction of sp³-hybridized carbons (Fsp3) is 0.267. The third-order valence-electron chi connectivity index (χ3n) is 3.39. The molecule has 23 heavy (non-hydrogen) atoms. The molecule has 2 aromatic rings. The van der Waals surface area contributed by atoms with Gasteiger partial charge in [-0.05, 0) is 25.1 Å². The molecule has 0 fully saturated rings. The summed E-state index contributed by atoms with van der Waals surface area (Å²) in [5, 5.41) is 13.7. The van der Waals surface area contributed by atoms with Crippen LogP contribution in [0.5, 0.6) is 0 Å². The number of rotatable bonds is 6. The highest BCUT2D eigenvalue weighted by Crippen LogP contribution is 2.28. The Morgan fingerprint density at radius 3 is 2.74 bits per heavy atom. The lowest BCUT2D eigenvalue weighted by molar-refractivity contribution is -0.385. The topological polar surface area (TPSA) is 81.5 Å². The predicted octanol–water partition coefficient (Wildman–Crippen LogP) is 3.74. The zero-order chi connectivity index (χ0) is 17.0. The summed E-state index contributed by atoms with van der Waals surface area (Å²) in [7, 11) is 1.54. The lowest BCUT2D eigenvalue weighted by Crippen LogP contribution is -2.29. The number of carbonyl (C=O) groups is 1.